The summed E-state index contributed by atoms with van der Waals surface area (Å²) in [6.07, 6.45) is 3.08. The van der Waals surface area contributed by atoms with Crippen LogP contribution < -0.4 is 0 Å². The summed E-state index contributed by atoms with van der Waals surface area (Å²) in [7, 11) is 1.96. The zero-order valence-corrected chi connectivity index (χ0v) is 15.1. The Bertz CT molecular complexity index is 927. The highest BCUT2D eigenvalue weighted by Gasteiger charge is 2.28. The van der Waals surface area contributed by atoms with Gasteiger partial charge in [-0.15, -0.1) is 10.2 Å². The second kappa shape index (κ2) is 6.74. The van der Waals surface area contributed by atoms with Crippen LogP contribution >= 0.6 is 0 Å². The minimum absolute atomic E-state index is 0.177. The first kappa shape index (κ1) is 16.5. The van der Waals surface area contributed by atoms with Crippen LogP contribution in [-0.4, -0.2) is 41.9 Å². The Morgan fingerprint density at radius 3 is 2.81 bits per heavy atom. The van der Waals surface area contributed by atoms with Crippen LogP contribution in [0.3, 0.4) is 0 Å². The van der Waals surface area contributed by atoms with Crippen molar-refractivity contribution in [2.24, 2.45) is 7.05 Å². The van der Waals surface area contributed by atoms with Crippen molar-refractivity contribution in [3.05, 3.63) is 53.5 Å². The minimum atomic E-state index is 0.177. The van der Waals surface area contributed by atoms with Gasteiger partial charge in [0.2, 0.25) is 5.91 Å². The number of nitrogens with zero attached hydrogens (tertiary/aromatic N) is 6. The van der Waals surface area contributed by atoms with Gasteiger partial charge < -0.3 is 9.47 Å². The van der Waals surface area contributed by atoms with Crippen LogP contribution in [0.2, 0.25) is 0 Å². The lowest BCUT2D eigenvalue weighted by Gasteiger charge is -2.27. The molecule has 0 aliphatic carbocycles. The van der Waals surface area contributed by atoms with Crippen molar-refractivity contribution < 1.29 is 4.79 Å². The largest absolute Gasteiger partial charge is 0.338 e. The minimum Gasteiger partial charge on any atom is -0.338 e. The van der Waals surface area contributed by atoms with Gasteiger partial charge >= 0.3 is 0 Å². The maximum atomic E-state index is 12.2. The molecule has 0 spiro atoms. The highest BCUT2D eigenvalue weighted by molar-refractivity contribution is 5.76. The van der Waals surface area contributed by atoms with Gasteiger partial charge in [0.15, 0.2) is 5.82 Å². The smallest absolute Gasteiger partial charge is 0.222 e. The molecule has 7 heteroatoms. The van der Waals surface area contributed by atoms with E-state index < -0.39 is 0 Å². The SMILES string of the molecule is CCC(=O)N1CCc2c(c(-c3nncn3Cc3ccccc3)nn2C)C1. The van der Waals surface area contributed by atoms with Gasteiger partial charge in [-0.1, -0.05) is 37.3 Å². The molecule has 0 atom stereocenters. The van der Waals surface area contributed by atoms with Crippen molar-refractivity contribution in [3.8, 4) is 11.5 Å². The van der Waals surface area contributed by atoms with Gasteiger partial charge in [0.05, 0.1) is 6.54 Å². The Hall–Kier alpha value is -2.96. The predicted octanol–water partition coefficient (Wildman–Crippen LogP) is 2.02. The molecule has 0 saturated carbocycles. The number of rotatable bonds is 4. The number of carbonyl (C=O) groups excluding carboxylic acids is 1. The number of hydrogen-bond donors (Lipinski definition) is 0. The van der Waals surface area contributed by atoms with Gasteiger partial charge in [-0.3, -0.25) is 9.48 Å². The molecule has 26 heavy (non-hydrogen) atoms. The number of hydrogen-bond acceptors (Lipinski definition) is 4. The first-order valence-electron chi connectivity index (χ1n) is 8.92. The van der Waals surface area contributed by atoms with Gasteiger partial charge in [0.25, 0.3) is 0 Å². The molecule has 0 bridgehead atoms. The van der Waals surface area contributed by atoms with Crippen molar-refractivity contribution in [2.45, 2.75) is 32.9 Å². The molecule has 2 aromatic heterocycles. The molecule has 0 fully saturated rings. The van der Waals surface area contributed by atoms with Crippen LogP contribution in [0.4, 0.5) is 0 Å². The molecular weight excluding hydrogens is 328 g/mol. The first-order chi connectivity index (χ1) is 12.7. The standard InChI is InChI=1S/C19H22N6O/c1-3-17(26)24-10-9-16-15(12-24)18(22-23(16)2)19-21-20-13-25(19)11-14-7-5-4-6-8-14/h4-8,13H,3,9-12H2,1-2H3. The van der Waals surface area contributed by atoms with E-state index in [2.05, 4.69) is 22.3 Å². The predicted molar refractivity (Wildman–Crippen MR) is 97.2 cm³/mol. The quantitative estimate of drug-likeness (QED) is 0.722. The Morgan fingerprint density at radius 1 is 1.23 bits per heavy atom. The van der Waals surface area contributed by atoms with Crippen LogP contribution in [0.1, 0.15) is 30.2 Å². The molecule has 7 nitrogen and oxygen atoms in total. The highest BCUT2D eigenvalue weighted by atomic mass is 16.2. The fourth-order valence-corrected chi connectivity index (χ4v) is 3.54. The van der Waals surface area contributed by atoms with E-state index in [0.717, 1.165) is 30.0 Å². The normalized spacial score (nSPS) is 13.7. The zero-order chi connectivity index (χ0) is 18.1. The first-order valence-corrected chi connectivity index (χ1v) is 8.92. The molecular formula is C19H22N6O. The molecule has 1 aliphatic heterocycles. The molecule has 3 heterocycles. The van der Waals surface area contributed by atoms with Crippen LogP contribution in [0.25, 0.3) is 11.5 Å². The molecule has 134 valence electrons. The van der Waals surface area contributed by atoms with Crippen molar-refractivity contribution in [2.75, 3.05) is 6.54 Å². The van der Waals surface area contributed by atoms with E-state index in [9.17, 15) is 4.79 Å². The van der Waals surface area contributed by atoms with Gasteiger partial charge in [0.1, 0.15) is 12.0 Å². The zero-order valence-electron chi connectivity index (χ0n) is 15.1. The van der Waals surface area contributed by atoms with Gasteiger partial charge in [-0.2, -0.15) is 5.10 Å². The third-order valence-corrected chi connectivity index (χ3v) is 4.92. The Labute approximate surface area is 152 Å². The topological polar surface area (TPSA) is 68.8 Å². The lowest BCUT2D eigenvalue weighted by atomic mass is 10.0. The summed E-state index contributed by atoms with van der Waals surface area (Å²) in [6, 6.07) is 10.2. The summed E-state index contributed by atoms with van der Waals surface area (Å²) in [5.41, 5.74) is 4.27. The summed E-state index contributed by atoms with van der Waals surface area (Å²) in [6.45, 7) is 3.92. The third-order valence-electron chi connectivity index (χ3n) is 4.92. The van der Waals surface area contributed by atoms with E-state index in [1.165, 1.54) is 11.3 Å². The molecule has 4 rings (SSSR count). The second-order valence-electron chi connectivity index (χ2n) is 6.58. The maximum absolute atomic E-state index is 12.2. The molecule has 3 aromatic rings. The number of aryl methyl sites for hydroxylation is 1. The van der Waals surface area contributed by atoms with E-state index in [1.54, 1.807) is 6.33 Å². The van der Waals surface area contributed by atoms with Gasteiger partial charge in [0, 0.05) is 44.2 Å². The second-order valence-corrected chi connectivity index (χ2v) is 6.58. The van der Waals surface area contributed by atoms with Gasteiger partial charge in [-0.05, 0) is 5.56 Å². The van der Waals surface area contributed by atoms with Crippen LogP contribution in [0, 0.1) is 0 Å². The van der Waals surface area contributed by atoms with E-state index in [4.69, 9.17) is 5.10 Å². The summed E-state index contributed by atoms with van der Waals surface area (Å²) in [4.78, 5) is 14.1. The molecule has 1 amide bonds. The fraction of sp³-hybridized carbons (Fsp3) is 0.368. The van der Waals surface area contributed by atoms with E-state index in [1.807, 2.05) is 46.3 Å². The summed E-state index contributed by atoms with van der Waals surface area (Å²) < 4.78 is 3.93. The number of amides is 1. The number of fused-ring (bicyclic) bond motifs is 1. The molecule has 0 N–H and O–H groups in total. The van der Waals surface area contributed by atoms with Crippen molar-refractivity contribution in [1.29, 1.82) is 0 Å². The number of carbonyl (C=O) groups is 1. The van der Waals surface area contributed by atoms with E-state index in [-0.39, 0.29) is 5.91 Å². The molecule has 1 aliphatic rings. The summed E-state index contributed by atoms with van der Waals surface area (Å²) >= 11 is 0. The van der Waals surface area contributed by atoms with Gasteiger partial charge in [-0.25, -0.2) is 0 Å². The van der Waals surface area contributed by atoms with Crippen LogP contribution in [-0.2, 0) is 31.4 Å². The molecule has 0 saturated heterocycles. The number of aromatic nitrogens is 5. The van der Waals surface area contributed by atoms with Crippen LogP contribution in [0.15, 0.2) is 36.7 Å². The van der Waals surface area contributed by atoms with E-state index >= 15 is 0 Å². The number of benzene rings is 1. The average molecular weight is 350 g/mol. The Morgan fingerprint density at radius 2 is 2.04 bits per heavy atom. The average Bonchev–Trinajstić information content (AvgIpc) is 3.25. The summed E-state index contributed by atoms with van der Waals surface area (Å²) in [5, 5.41) is 13.1. The lowest BCUT2D eigenvalue weighted by Crippen LogP contribution is -2.35. The summed E-state index contributed by atoms with van der Waals surface area (Å²) in [5.74, 6) is 0.924. The highest BCUT2D eigenvalue weighted by Crippen LogP contribution is 2.29. The molecule has 0 unspecified atom stereocenters. The van der Waals surface area contributed by atoms with Crippen LogP contribution in [0.5, 0.6) is 0 Å². The third kappa shape index (κ3) is 2.89. The van der Waals surface area contributed by atoms with E-state index in [0.29, 0.717) is 19.5 Å². The fourth-order valence-electron chi connectivity index (χ4n) is 3.54. The monoisotopic (exact) mass is 350 g/mol. The Kier molecular flexibility index (Phi) is 4.28. The molecule has 0 radical (unpaired) electrons. The lowest BCUT2D eigenvalue weighted by molar-refractivity contribution is -0.131. The Balaban J connectivity index is 1.70. The van der Waals surface area contributed by atoms with Crippen molar-refractivity contribution >= 4 is 5.91 Å². The maximum Gasteiger partial charge on any atom is 0.222 e. The molecule has 1 aromatic carbocycles. The van der Waals surface area contributed by atoms with Crippen molar-refractivity contribution in [1.82, 2.24) is 29.4 Å². The van der Waals surface area contributed by atoms with Crippen molar-refractivity contribution in [3.63, 3.8) is 0 Å².